The van der Waals surface area contributed by atoms with E-state index in [0.717, 1.165) is 17.7 Å². The van der Waals surface area contributed by atoms with Crippen LogP contribution in [0.1, 0.15) is 26.7 Å². The molecule has 1 aliphatic rings. The number of piperidine rings is 1. The maximum absolute atomic E-state index is 9.00. The fourth-order valence-corrected chi connectivity index (χ4v) is 3.51. The molecule has 108 valence electrons. The van der Waals surface area contributed by atoms with Gasteiger partial charge >= 0.3 is 0 Å². The molecule has 0 aromatic carbocycles. The van der Waals surface area contributed by atoms with Gasteiger partial charge < -0.3 is 14.9 Å². The molecule has 1 saturated heterocycles. The van der Waals surface area contributed by atoms with E-state index < -0.39 is 0 Å². The number of aliphatic hydroxyl groups excluding tert-OH is 1. The average molecular weight is 274 g/mol. The molecule has 0 bridgehead atoms. The van der Waals surface area contributed by atoms with Crippen molar-refractivity contribution in [3.63, 3.8) is 0 Å². The Balaban J connectivity index is 2.16. The highest BCUT2D eigenvalue weighted by Crippen LogP contribution is 2.17. The van der Waals surface area contributed by atoms with Gasteiger partial charge in [-0.1, -0.05) is 13.8 Å². The van der Waals surface area contributed by atoms with E-state index >= 15 is 0 Å². The first kappa shape index (κ1) is 16.3. The Labute approximate surface area is 117 Å². The van der Waals surface area contributed by atoms with Crippen LogP contribution in [-0.4, -0.2) is 72.3 Å². The second-order valence-electron chi connectivity index (χ2n) is 5.71. The summed E-state index contributed by atoms with van der Waals surface area (Å²) in [6.07, 6.45) is 2.64. The highest BCUT2D eigenvalue weighted by Gasteiger charge is 2.20. The number of β-amino-alcohol motifs (C(OH)–C–C–N with tert-alkyl or cyclic N) is 1. The summed E-state index contributed by atoms with van der Waals surface area (Å²) in [6, 6.07) is 0. The molecule has 1 atom stereocenters. The van der Waals surface area contributed by atoms with Gasteiger partial charge in [-0.25, -0.2) is 0 Å². The second-order valence-corrected chi connectivity index (χ2v) is 7.40. The SMILES string of the molecule is CC(C)SCCN(C)CC1CCCN(CCO)C1. The van der Waals surface area contributed by atoms with E-state index in [4.69, 9.17) is 5.11 Å². The first-order valence-electron chi connectivity index (χ1n) is 7.25. The van der Waals surface area contributed by atoms with E-state index in [9.17, 15) is 0 Å². The van der Waals surface area contributed by atoms with E-state index in [1.165, 1.54) is 44.8 Å². The number of hydrogen-bond acceptors (Lipinski definition) is 4. The Bertz CT molecular complexity index is 212. The lowest BCUT2D eigenvalue weighted by atomic mass is 9.97. The molecule has 0 radical (unpaired) electrons. The summed E-state index contributed by atoms with van der Waals surface area (Å²) >= 11 is 2.05. The monoisotopic (exact) mass is 274 g/mol. The molecule has 0 spiro atoms. The van der Waals surface area contributed by atoms with E-state index in [0.29, 0.717) is 6.61 Å². The molecule has 0 aromatic heterocycles. The van der Waals surface area contributed by atoms with E-state index in [1.54, 1.807) is 0 Å². The number of nitrogens with zero attached hydrogens (tertiary/aromatic N) is 2. The molecule has 1 aliphatic heterocycles. The normalized spacial score (nSPS) is 22.0. The molecule has 1 fully saturated rings. The van der Waals surface area contributed by atoms with Crippen molar-refractivity contribution in [1.29, 1.82) is 0 Å². The third kappa shape index (κ3) is 6.98. The predicted molar refractivity (Wildman–Crippen MR) is 81.3 cm³/mol. The second kappa shape index (κ2) is 9.18. The lowest BCUT2D eigenvalue weighted by Crippen LogP contribution is -2.41. The van der Waals surface area contributed by atoms with Gasteiger partial charge in [-0.2, -0.15) is 11.8 Å². The van der Waals surface area contributed by atoms with Gasteiger partial charge in [0, 0.05) is 31.9 Å². The maximum Gasteiger partial charge on any atom is 0.0558 e. The third-order valence-corrected chi connectivity index (χ3v) is 4.60. The van der Waals surface area contributed by atoms with Crippen molar-refractivity contribution >= 4 is 11.8 Å². The Hall–Kier alpha value is 0.230. The Morgan fingerprint density at radius 1 is 1.44 bits per heavy atom. The van der Waals surface area contributed by atoms with Gasteiger partial charge in [0.05, 0.1) is 6.61 Å². The number of thioether (sulfide) groups is 1. The lowest BCUT2D eigenvalue weighted by molar-refractivity contribution is 0.122. The molecule has 1 N–H and O–H groups in total. The van der Waals surface area contributed by atoms with E-state index in [-0.39, 0.29) is 0 Å². The molecule has 3 nitrogen and oxygen atoms in total. The smallest absolute Gasteiger partial charge is 0.0558 e. The minimum absolute atomic E-state index is 0.299. The first-order chi connectivity index (χ1) is 8.61. The van der Waals surface area contributed by atoms with Crippen LogP contribution in [0.3, 0.4) is 0 Å². The van der Waals surface area contributed by atoms with Crippen LogP contribution in [0, 0.1) is 5.92 Å². The summed E-state index contributed by atoms with van der Waals surface area (Å²) in [5.74, 6) is 2.03. The number of hydrogen-bond donors (Lipinski definition) is 1. The quantitative estimate of drug-likeness (QED) is 0.730. The third-order valence-electron chi connectivity index (χ3n) is 3.51. The zero-order chi connectivity index (χ0) is 13.4. The zero-order valence-corrected chi connectivity index (χ0v) is 13.1. The Morgan fingerprint density at radius 2 is 2.22 bits per heavy atom. The van der Waals surface area contributed by atoms with Crippen LogP contribution >= 0.6 is 11.8 Å². The molecule has 4 heteroatoms. The van der Waals surface area contributed by atoms with Crippen LogP contribution in [0.25, 0.3) is 0 Å². The minimum Gasteiger partial charge on any atom is -0.395 e. The number of aliphatic hydroxyl groups is 1. The van der Waals surface area contributed by atoms with Gasteiger partial charge in [-0.05, 0) is 37.6 Å². The molecule has 0 amide bonds. The van der Waals surface area contributed by atoms with Gasteiger partial charge in [0.15, 0.2) is 0 Å². The number of rotatable bonds is 8. The van der Waals surface area contributed by atoms with Crippen molar-refractivity contribution in [1.82, 2.24) is 9.80 Å². The molecule has 1 unspecified atom stereocenters. The van der Waals surface area contributed by atoms with Gasteiger partial charge in [0.25, 0.3) is 0 Å². The van der Waals surface area contributed by atoms with Gasteiger partial charge in [-0.15, -0.1) is 0 Å². The minimum atomic E-state index is 0.299. The van der Waals surface area contributed by atoms with Gasteiger partial charge in [0.1, 0.15) is 0 Å². The molecule has 0 saturated carbocycles. The highest BCUT2D eigenvalue weighted by molar-refractivity contribution is 7.99. The topological polar surface area (TPSA) is 26.7 Å². The summed E-state index contributed by atoms with van der Waals surface area (Å²) in [5.41, 5.74) is 0. The predicted octanol–water partition coefficient (Wildman–Crippen LogP) is 1.76. The van der Waals surface area contributed by atoms with Gasteiger partial charge in [0.2, 0.25) is 0 Å². The summed E-state index contributed by atoms with van der Waals surface area (Å²) in [4.78, 5) is 4.88. The van der Waals surface area contributed by atoms with Crippen LogP contribution in [0.2, 0.25) is 0 Å². The van der Waals surface area contributed by atoms with Crippen molar-refractivity contribution < 1.29 is 5.11 Å². The fraction of sp³-hybridized carbons (Fsp3) is 1.00. The van der Waals surface area contributed by atoms with Gasteiger partial charge in [-0.3, -0.25) is 0 Å². The summed E-state index contributed by atoms with van der Waals surface area (Å²) in [7, 11) is 2.24. The van der Waals surface area contributed by atoms with Crippen molar-refractivity contribution in [3.8, 4) is 0 Å². The summed E-state index contributed by atoms with van der Waals surface area (Å²) in [5, 5.41) is 9.74. The van der Waals surface area contributed by atoms with Crippen molar-refractivity contribution in [2.75, 3.05) is 52.1 Å². The Morgan fingerprint density at radius 3 is 2.89 bits per heavy atom. The zero-order valence-electron chi connectivity index (χ0n) is 12.3. The molecule has 1 heterocycles. The van der Waals surface area contributed by atoms with Crippen LogP contribution in [0.5, 0.6) is 0 Å². The molecule has 1 rings (SSSR count). The van der Waals surface area contributed by atoms with Crippen LogP contribution < -0.4 is 0 Å². The largest absolute Gasteiger partial charge is 0.395 e. The molecular weight excluding hydrogens is 244 g/mol. The van der Waals surface area contributed by atoms with Crippen molar-refractivity contribution in [2.45, 2.75) is 31.9 Å². The average Bonchev–Trinajstić information content (AvgIpc) is 2.29. The summed E-state index contributed by atoms with van der Waals surface area (Å²) < 4.78 is 0. The molecular formula is C14H30N2OS. The first-order valence-corrected chi connectivity index (χ1v) is 8.30. The van der Waals surface area contributed by atoms with Crippen molar-refractivity contribution in [3.05, 3.63) is 0 Å². The highest BCUT2D eigenvalue weighted by atomic mass is 32.2. The summed E-state index contributed by atoms with van der Waals surface area (Å²) in [6.45, 7) is 10.4. The van der Waals surface area contributed by atoms with Crippen molar-refractivity contribution in [2.24, 2.45) is 5.92 Å². The fourth-order valence-electron chi connectivity index (χ4n) is 2.62. The standard InChI is InChI=1S/C14H30N2OS/c1-13(2)18-10-8-15(3)11-14-5-4-6-16(12-14)7-9-17/h13-14,17H,4-12H2,1-3H3. The lowest BCUT2D eigenvalue weighted by Gasteiger charge is -2.34. The molecule has 0 aromatic rings. The van der Waals surface area contributed by atoms with E-state index in [1.807, 2.05) is 11.8 Å². The van der Waals surface area contributed by atoms with Crippen LogP contribution in [0.4, 0.5) is 0 Å². The molecule has 18 heavy (non-hydrogen) atoms. The Kier molecular flexibility index (Phi) is 8.31. The van der Waals surface area contributed by atoms with E-state index in [2.05, 4.69) is 30.7 Å². The van der Waals surface area contributed by atoms with Crippen LogP contribution in [0.15, 0.2) is 0 Å². The van der Waals surface area contributed by atoms with Crippen LogP contribution in [-0.2, 0) is 0 Å². The number of likely N-dealkylation sites (tertiary alicyclic amines) is 1. The molecule has 0 aliphatic carbocycles. The maximum atomic E-state index is 9.00.